The SMILES string of the molecule is CC(=O)C1C(=O)[C@@]2(O)C(=O)C3C(=O)c4c(O)ccc(C5=CC(C)=CC5)c4C[C@@]3(C)C[C@@]2(C)C(C(C)C)=C1C. The van der Waals surface area contributed by atoms with E-state index in [0.29, 0.717) is 24.0 Å². The zero-order valence-corrected chi connectivity index (χ0v) is 23.2. The summed E-state index contributed by atoms with van der Waals surface area (Å²) in [6, 6.07) is 3.31. The number of Topliss-reactive ketones (excluding diaryl/α,β-unsaturated/α-hetero) is 4. The van der Waals surface area contributed by atoms with Crippen molar-refractivity contribution in [1.82, 2.24) is 0 Å². The van der Waals surface area contributed by atoms with Crippen LogP contribution >= 0.6 is 0 Å². The summed E-state index contributed by atoms with van der Waals surface area (Å²) in [5, 5.41) is 23.0. The van der Waals surface area contributed by atoms with Crippen LogP contribution in [0.3, 0.4) is 0 Å². The largest absolute Gasteiger partial charge is 0.507 e. The zero-order chi connectivity index (χ0) is 28.1. The highest BCUT2D eigenvalue weighted by atomic mass is 16.3. The molecule has 0 radical (unpaired) electrons. The van der Waals surface area contributed by atoms with Crippen LogP contribution in [0, 0.1) is 28.6 Å². The van der Waals surface area contributed by atoms with E-state index in [0.717, 1.165) is 22.3 Å². The number of aliphatic hydroxyl groups is 1. The number of rotatable bonds is 3. The summed E-state index contributed by atoms with van der Waals surface area (Å²) in [6.45, 7) is 12.6. The molecule has 1 aromatic carbocycles. The van der Waals surface area contributed by atoms with Gasteiger partial charge in [0, 0.05) is 5.41 Å². The van der Waals surface area contributed by atoms with E-state index in [9.17, 15) is 29.4 Å². The van der Waals surface area contributed by atoms with E-state index < -0.39 is 51.4 Å². The predicted molar refractivity (Wildman–Crippen MR) is 143 cm³/mol. The van der Waals surface area contributed by atoms with Crippen molar-refractivity contribution < 1.29 is 29.4 Å². The Kier molecular flexibility index (Phi) is 5.71. The molecule has 38 heavy (non-hydrogen) atoms. The van der Waals surface area contributed by atoms with Crippen molar-refractivity contribution in [2.24, 2.45) is 28.6 Å². The second kappa shape index (κ2) is 8.19. The number of aromatic hydroxyl groups is 1. The number of ketones is 4. The molecule has 1 aromatic rings. The first-order valence-corrected chi connectivity index (χ1v) is 13.4. The van der Waals surface area contributed by atoms with Crippen LogP contribution in [0.4, 0.5) is 0 Å². The maximum atomic E-state index is 14.4. The Hall–Kier alpha value is -3.12. The highest BCUT2D eigenvalue weighted by Crippen LogP contribution is 2.64. The second-order valence-electron chi connectivity index (χ2n) is 12.7. The van der Waals surface area contributed by atoms with Crippen LogP contribution in [-0.2, 0) is 20.8 Å². The molecular formula is C32H36O6. The first-order chi connectivity index (χ1) is 17.6. The van der Waals surface area contributed by atoms with Gasteiger partial charge in [-0.15, -0.1) is 0 Å². The molecule has 0 saturated heterocycles. The van der Waals surface area contributed by atoms with Gasteiger partial charge in [-0.2, -0.15) is 0 Å². The van der Waals surface area contributed by atoms with Crippen LogP contribution in [0.15, 0.2) is 41.0 Å². The van der Waals surface area contributed by atoms with E-state index in [1.54, 1.807) is 13.8 Å². The fourth-order valence-electron chi connectivity index (χ4n) is 8.49. The van der Waals surface area contributed by atoms with Crippen LogP contribution < -0.4 is 0 Å². The summed E-state index contributed by atoms with van der Waals surface area (Å²) in [5.74, 6) is -5.57. The van der Waals surface area contributed by atoms with Crippen LogP contribution in [0.2, 0.25) is 0 Å². The monoisotopic (exact) mass is 516 g/mol. The predicted octanol–water partition coefficient (Wildman–Crippen LogP) is 4.96. The molecule has 1 fully saturated rings. The van der Waals surface area contributed by atoms with E-state index in [4.69, 9.17) is 0 Å². The molecule has 2 N–H and O–H groups in total. The Morgan fingerprint density at radius 1 is 1.08 bits per heavy atom. The van der Waals surface area contributed by atoms with Gasteiger partial charge in [-0.25, -0.2) is 0 Å². The van der Waals surface area contributed by atoms with Crippen LogP contribution in [-0.4, -0.2) is 38.9 Å². The molecule has 4 aliphatic carbocycles. The topological polar surface area (TPSA) is 109 Å². The lowest BCUT2D eigenvalue weighted by molar-refractivity contribution is -0.183. The summed E-state index contributed by atoms with van der Waals surface area (Å²) in [6.07, 6.45) is 5.45. The van der Waals surface area contributed by atoms with Gasteiger partial charge in [-0.1, -0.05) is 62.6 Å². The minimum atomic E-state index is -2.51. The van der Waals surface area contributed by atoms with Gasteiger partial charge in [0.2, 0.25) is 0 Å². The number of carbonyl (C=O) groups is 4. The minimum Gasteiger partial charge on any atom is -0.507 e. The van der Waals surface area contributed by atoms with Crippen LogP contribution in [0.1, 0.15) is 82.8 Å². The zero-order valence-electron chi connectivity index (χ0n) is 23.2. The van der Waals surface area contributed by atoms with Crippen molar-refractivity contribution in [2.75, 3.05) is 0 Å². The van der Waals surface area contributed by atoms with E-state index in [1.165, 1.54) is 13.0 Å². The van der Waals surface area contributed by atoms with Gasteiger partial charge >= 0.3 is 0 Å². The Labute approximate surface area is 223 Å². The Morgan fingerprint density at radius 3 is 2.29 bits per heavy atom. The molecule has 0 spiro atoms. The molecule has 4 aliphatic rings. The number of phenols is 1. The lowest BCUT2D eigenvalue weighted by Gasteiger charge is -2.60. The lowest BCUT2D eigenvalue weighted by Crippen LogP contribution is -2.73. The maximum Gasteiger partial charge on any atom is 0.192 e. The average molecular weight is 517 g/mol. The van der Waals surface area contributed by atoms with Gasteiger partial charge in [0.1, 0.15) is 17.5 Å². The van der Waals surface area contributed by atoms with Crippen molar-refractivity contribution >= 4 is 28.7 Å². The van der Waals surface area contributed by atoms with Gasteiger partial charge in [-0.05, 0) is 74.1 Å². The van der Waals surface area contributed by atoms with E-state index >= 15 is 0 Å². The van der Waals surface area contributed by atoms with Gasteiger partial charge in [0.05, 0.1) is 11.5 Å². The maximum absolute atomic E-state index is 14.4. The molecular weight excluding hydrogens is 480 g/mol. The number of carbonyl (C=O) groups excluding carboxylic acids is 4. The van der Waals surface area contributed by atoms with E-state index in [1.807, 2.05) is 33.8 Å². The average Bonchev–Trinajstić information content (AvgIpc) is 3.21. The number of phenolic OH excluding ortho intramolecular Hbond substituents is 1. The summed E-state index contributed by atoms with van der Waals surface area (Å²) in [4.78, 5) is 55.0. The summed E-state index contributed by atoms with van der Waals surface area (Å²) >= 11 is 0. The molecule has 0 aliphatic heterocycles. The molecule has 0 amide bonds. The fraction of sp³-hybridized carbons (Fsp3) is 0.500. The molecule has 0 heterocycles. The standard InChI is InChI=1S/C32H36O6/c1-15(2)25-17(4)23(18(5)33)28(36)32(38)29(37)26-27(35)24-21(13-30(26,6)14-31(25,32)7)20(10-11-22(24)34)19-9-8-16(3)12-19/h8,10-12,15,23,26,34,38H,9,13-14H2,1-7H3/t23?,26?,30-,31-,32+/m0/s1. The number of benzene rings is 1. The number of hydrogen-bond acceptors (Lipinski definition) is 6. The third-order valence-electron chi connectivity index (χ3n) is 9.70. The summed E-state index contributed by atoms with van der Waals surface area (Å²) < 4.78 is 0. The quantitative estimate of drug-likeness (QED) is 0.434. The van der Waals surface area contributed by atoms with Crippen molar-refractivity contribution in [3.8, 4) is 5.75 Å². The second-order valence-corrected chi connectivity index (χ2v) is 12.7. The van der Waals surface area contributed by atoms with Gasteiger partial charge in [0.15, 0.2) is 23.0 Å². The molecule has 6 nitrogen and oxygen atoms in total. The molecule has 5 atom stereocenters. The van der Waals surface area contributed by atoms with Crippen molar-refractivity contribution in [3.05, 3.63) is 57.7 Å². The fourth-order valence-corrected chi connectivity index (χ4v) is 8.49. The van der Waals surface area contributed by atoms with Crippen molar-refractivity contribution in [3.63, 3.8) is 0 Å². The third-order valence-corrected chi connectivity index (χ3v) is 9.70. The number of fused-ring (bicyclic) bond motifs is 3. The Bertz CT molecular complexity index is 1440. The number of hydrogen-bond donors (Lipinski definition) is 2. The molecule has 2 unspecified atom stereocenters. The molecule has 0 aromatic heterocycles. The van der Waals surface area contributed by atoms with Crippen molar-refractivity contribution in [1.29, 1.82) is 0 Å². The lowest BCUT2D eigenvalue weighted by atomic mass is 9.41. The summed E-state index contributed by atoms with van der Waals surface area (Å²) in [5.41, 5.74) is 0.492. The highest BCUT2D eigenvalue weighted by molar-refractivity contribution is 6.27. The van der Waals surface area contributed by atoms with Crippen LogP contribution in [0.5, 0.6) is 5.75 Å². The first kappa shape index (κ1) is 26.5. The third kappa shape index (κ3) is 3.16. The van der Waals surface area contributed by atoms with Gasteiger partial charge < -0.3 is 10.2 Å². The molecule has 1 saturated carbocycles. The van der Waals surface area contributed by atoms with Gasteiger partial charge in [0.25, 0.3) is 0 Å². The first-order valence-electron chi connectivity index (χ1n) is 13.4. The van der Waals surface area contributed by atoms with Crippen LogP contribution in [0.25, 0.3) is 5.57 Å². The van der Waals surface area contributed by atoms with E-state index in [2.05, 4.69) is 12.2 Å². The molecule has 6 heteroatoms. The molecule has 200 valence electrons. The van der Waals surface area contributed by atoms with Crippen molar-refractivity contribution in [2.45, 2.75) is 73.3 Å². The Balaban J connectivity index is 1.76. The molecule has 5 rings (SSSR count). The molecule has 0 bridgehead atoms. The van der Waals surface area contributed by atoms with E-state index in [-0.39, 0.29) is 23.7 Å². The Morgan fingerprint density at radius 2 is 1.74 bits per heavy atom. The summed E-state index contributed by atoms with van der Waals surface area (Å²) in [7, 11) is 0. The highest BCUT2D eigenvalue weighted by Gasteiger charge is 2.73. The smallest absolute Gasteiger partial charge is 0.192 e. The normalized spacial score (nSPS) is 34.6. The minimum absolute atomic E-state index is 0.0955. The number of allylic oxidation sites excluding steroid dienone is 5. The van der Waals surface area contributed by atoms with Gasteiger partial charge in [-0.3, -0.25) is 19.2 Å².